The Morgan fingerprint density at radius 1 is 1.34 bits per heavy atom. The van der Waals surface area contributed by atoms with E-state index < -0.39 is 0 Å². The summed E-state index contributed by atoms with van der Waals surface area (Å²) in [4.78, 5) is 32.4. The van der Waals surface area contributed by atoms with Gasteiger partial charge in [0.2, 0.25) is 5.91 Å². The van der Waals surface area contributed by atoms with Gasteiger partial charge in [-0.3, -0.25) is 9.48 Å². The van der Waals surface area contributed by atoms with Gasteiger partial charge in [-0.15, -0.1) is 24.0 Å². The minimum atomic E-state index is -0.357. The fourth-order valence-corrected chi connectivity index (χ4v) is 3.78. The number of ether oxygens (including phenoxy) is 2. The van der Waals surface area contributed by atoms with Gasteiger partial charge in [-0.25, -0.2) is 9.79 Å². The molecule has 1 aromatic heterocycles. The molecule has 0 aliphatic carbocycles. The highest BCUT2D eigenvalue weighted by Crippen LogP contribution is 2.22. The van der Waals surface area contributed by atoms with Crippen LogP contribution in [0.15, 0.2) is 17.4 Å². The van der Waals surface area contributed by atoms with Gasteiger partial charge in [-0.2, -0.15) is 5.10 Å². The Bertz CT molecular complexity index is 778. The number of nitrogens with zero attached hydrogens (tertiary/aromatic N) is 5. The largest absolute Gasteiger partial charge is 0.462 e. The highest BCUT2D eigenvalue weighted by molar-refractivity contribution is 14.0. The van der Waals surface area contributed by atoms with E-state index in [0.717, 1.165) is 38.8 Å². The fourth-order valence-electron chi connectivity index (χ4n) is 3.78. The molecular weight excluding hydrogens is 527 g/mol. The number of hydrogen-bond acceptors (Lipinski definition) is 6. The van der Waals surface area contributed by atoms with E-state index in [-0.39, 0.29) is 54.5 Å². The average Bonchev–Trinajstić information content (AvgIpc) is 3.46. The average molecular weight is 562 g/mol. The van der Waals surface area contributed by atoms with Crippen LogP contribution >= 0.6 is 24.0 Å². The number of esters is 1. The second-order valence-corrected chi connectivity index (χ2v) is 8.12. The van der Waals surface area contributed by atoms with E-state index in [1.54, 1.807) is 38.3 Å². The molecule has 32 heavy (non-hydrogen) atoms. The van der Waals surface area contributed by atoms with Crippen molar-refractivity contribution in [2.24, 2.45) is 4.99 Å². The third-order valence-electron chi connectivity index (χ3n) is 5.56. The van der Waals surface area contributed by atoms with Crippen LogP contribution in [0, 0.1) is 0 Å². The first-order valence-electron chi connectivity index (χ1n) is 11.0. The number of halogens is 1. The van der Waals surface area contributed by atoms with Crippen LogP contribution in [0.3, 0.4) is 0 Å². The van der Waals surface area contributed by atoms with Crippen molar-refractivity contribution in [3.63, 3.8) is 0 Å². The Balaban J connectivity index is 0.00000363. The van der Waals surface area contributed by atoms with E-state index in [2.05, 4.69) is 20.3 Å². The van der Waals surface area contributed by atoms with Crippen molar-refractivity contribution in [2.75, 3.05) is 53.5 Å². The number of piperidine rings is 1. The molecule has 180 valence electrons. The molecule has 2 fully saturated rings. The van der Waals surface area contributed by atoms with Gasteiger partial charge in [0.25, 0.3) is 0 Å². The first-order valence-corrected chi connectivity index (χ1v) is 11.0. The monoisotopic (exact) mass is 562 g/mol. The summed E-state index contributed by atoms with van der Waals surface area (Å²) in [6.07, 6.45) is 7.50. The van der Waals surface area contributed by atoms with E-state index in [9.17, 15) is 9.59 Å². The number of nitrogens with one attached hydrogen (secondary N) is 1. The summed E-state index contributed by atoms with van der Waals surface area (Å²) < 4.78 is 12.6. The van der Waals surface area contributed by atoms with Crippen LogP contribution in [0.1, 0.15) is 49.0 Å². The molecular formula is C21H35IN6O4. The lowest BCUT2D eigenvalue weighted by molar-refractivity contribution is -0.127. The van der Waals surface area contributed by atoms with Crippen LogP contribution in [0.5, 0.6) is 0 Å². The summed E-state index contributed by atoms with van der Waals surface area (Å²) in [5, 5.41) is 7.81. The third-order valence-corrected chi connectivity index (χ3v) is 5.56. The normalized spacial score (nSPS) is 21.1. The summed E-state index contributed by atoms with van der Waals surface area (Å²) in [6.45, 7) is 5.22. The number of guanidine groups is 1. The van der Waals surface area contributed by atoms with Crippen LogP contribution in [-0.4, -0.2) is 97.0 Å². The highest BCUT2D eigenvalue weighted by Gasteiger charge is 2.26. The first-order chi connectivity index (χ1) is 15.0. The van der Waals surface area contributed by atoms with Crippen molar-refractivity contribution in [3.8, 4) is 0 Å². The van der Waals surface area contributed by atoms with E-state index >= 15 is 0 Å². The maximum atomic E-state index is 12.1. The predicted octanol–water partition coefficient (Wildman–Crippen LogP) is 1.53. The molecule has 2 unspecified atom stereocenters. The van der Waals surface area contributed by atoms with E-state index in [1.807, 2.05) is 4.68 Å². The van der Waals surface area contributed by atoms with Crippen molar-refractivity contribution in [3.05, 3.63) is 18.0 Å². The number of rotatable bonds is 7. The Morgan fingerprint density at radius 3 is 2.84 bits per heavy atom. The number of likely N-dealkylation sites (tertiary alicyclic amines) is 1. The maximum absolute atomic E-state index is 12.1. The molecule has 1 amide bonds. The molecule has 2 saturated heterocycles. The molecule has 0 bridgehead atoms. The number of aliphatic imine (C=N–C) groups is 1. The topological polar surface area (TPSA) is 101 Å². The Labute approximate surface area is 206 Å². The van der Waals surface area contributed by atoms with Crippen LogP contribution in [0.25, 0.3) is 0 Å². The number of hydrogen-bond donors (Lipinski definition) is 1. The smallest absolute Gasteiger partial charge is 0.341 e. The maximum Gasteiger partial charge on any atom is 0.341 e. The number of amides is 1. The second kappa shape index (κ2) is 13.0. The molecule has 0 saturated carbocycles. The molecule has 11 heteroatoms. The Morgan fingerprint density at radius 2 is 2.16 bits per heavy atom. The number of likely N-dealkylation sites (N-methyl/N-ethyl adjacent to an activating group) is 1. The summed E-state index contributed by atoms with van der Waals surface area (Å²) in [5.41, 5.74) is 0.459. The molecule has 10 nitrogen and oxygen atoms in total. The minimum Gasteiger partial charge on any atom is -0.462 e. The minimum absolute atomic E-state index is 0. The standard InChI is InChI=1S/C21H34N6O4.HI/c1-4-30-20(29)16-11-24-27(14-16)17-7-5-9-26(15-17)21(23-13-19(28)25(2)3)22-12-18-8-6-10-31-18;/h11,14,17-18H,4-10,12-13,15H2,1-3H3,(H,22,23);1H. The molecule has 2 aliphatic heterocycles. The van der Waals surface area contributed by atoms with Crippen molar-refractivity contribution < 1.29 is 19.1 Å². The van der Waals surface area contributed by atoms with Gasteiger partial charge in [-0.1, -0.05) is 0 Å². The molecule has 3 rings (SSSR count). The number of carbonyl (C=O) groups excluding carboxylic acids is 2. The summed E-state index contributed by atoms with van der Waals surface area (Å²) in [6, 6.07) is 0.108. The van der Waals surface area contributed by atoms with E-state index in [0.29, 0.717) is 31.2 Å². The van der Waals surface area contributed by atoms with Crippen LogP contribution < -0.4 is 5.32 Å². The molecule has 1 aromatic rings. The molecule has 0 radical (unpaired) electrons. The molecule has 0 spiro atoms. The zero-order chi connectivity index (χ0) is 22.2. The highest BCUT2D eigenvalue weighted by atomic mass is 127. The lowest BCUT2D eigenvalue weighted by atomic mass is 10.1. The van der Waals surface area contributed by atoms with Crippen LogP contribution in [-0.2, 0) is 14.3 Å². The quantitative estimate of drug-likeness (QED) is 0.233. The Hall–Kier alpha value is -1.89. The first kappa shape index (κ1) is 26.4. The van der Waals surface area contributed by atoms with Gasteiger partial charge >= 0.3 is 5.97 Å². The summed E-state index contributed by atoms with van der Waals surface area (Å²) in [5.74, 6) is 0.313. The Kier molecular flexibility index (Phi) is 10.7. The van der Waals surface area contributed by atoms with Crippen molar-refractivity contribution in [1.82, 2.24) is 24.9 Å². The molecule has 1 N–H and O–H groups in total. The van der Waals surface area contributed by atoms with E-state index in [4.69, 9.17) is 9.47 Å². The van der Waals surface area contributed by atoms with Gasteiger partial charge in [0.15, 0.2) is 5.96 Å². The van der Waals surface area contributed by atoms with Gasteiger partial charge in [0, 0.05) is 46.5 Å². The molecule has 2 aliphatic rings. The van der Waals surface area contributed by atoms with Crippen molar-refractivity contribution in [1.29, 1.82) is 0 Å². The SMILES string of the molecule is CCOC(=O)c1cnn(C2CCCN(C(=NCC(=O)N(C)C)NCC3CCCO3)C2)c1.I. The molecule has 0 aromatic carbocycles. The summed E-state index contributed by atoms with van der Waals surface area (Å²) >= 11 is 0. The number of carbonyl (C=O) groups is 2. The van der Waals surface area contributed by atoms with Gasteiger partial charge < -0.3 is 24.6 Å². The number of aromatic nitrogens is 2. The lowest BCUT2D eigenvalue weighted by Crippen LogP contribution is -2.49. The lowest BCUT2D eigenvalue weighted by Gasteiger charge is -2.35. The molecule has 2 atom stereocenters. The van der Waals surface area contributed by atoms with Crippen LogP contribution in [0.2, 0.25) is 0 Å². The zero-order valence-corrected chi connectivity index (χ0v) is 21.5. The second-order valence-electron chi connectivity index (χ2n) is 8.12. The van der Waals surface area contributed by atoms with Gasteiger partial charge in [-0.05, 0) is 32.6 Å². The predicted molar refractivity (Wildman–Crippen MR) is 131 cm³/mol. The van der Waals surface area contributed by atoms with Gasteiger partial charge in [0.1, 0.15) is 6.54 Å². The fraction of sp³-hybridized carbons (Fsp3) is 0.714. The summed E-state index contributed by atoms with van der Waals surface area (Å²) in [7, 11) is 3.46. The van der Waals surface area contributed by atoms with Crippen LogP contribution in [0.4, 0.5) is 0 Å². The zero-order valence-electron chi connectivity index (χ0n) is 19.2. The van der Waals surface area contributed by atoms with E-state index in [1.165, 1.54) is 0 Å². The van der Waals surface area contributed by atoms with Gasteiger partial charge in [0.05, 0.1) is 30.5 Å². The van der Waals surface area contributed by atoms with Crippen molar-refractivity contribution in [2.45, 2.75) is 44.8 Å². The third kappa shape index (κ3) is 7.32. The van der Waals surface area contributed by atoms with Crippen molar-refractivity contribution >= 4 is 41.8 Å². The molecule has 3 heterocycles.